The van der Waals surface area contributed by atoms with Crippen LogP contribution in [0.2, 0.25) is 0 Å². The summed E-state index contributed by atoms with van der Waals surface area (Å²) >= 11 is 0. The lowest BCUT2D eigenvalue weighted by Gasteiger charge is -2.35. The van der Waals surface area contributed by atoms with E-state index >= 15 is 0 Å². The van der Waals surface area contributed by atoms with Crippen LogP contribution in [0.4, 0.5) is 0 Å². The van der Waals surface area contributed by atoms with E-state index in [0.717, 1.165) is 12.8 Å². The van der Waals surface area contributed by atoms with Gasteiger partial charge < -0.3 is 10.0 Å². The highest BCUT2D eigenvalue weighted by Gasteiger charge is 2.25. The molecular formula is C12H23NO3. The van der Waals surface area contributed by atoms with E-state index in [1.54, 1.807) is 4.90 Å². The Morgan fingerprint density at radius 3 is 2.12 bits per heavy atom. The Balaban J connectivity index is 4.42. The molecular weight excluding hydrogens is 206 g/mol. The number of amides is 1. The zero-order chi connectivity index (χ0) is 12.8. The minimum absolute atomic E-state index is 0.00906. The fraction of sp³-hybridized carbons (Fsp3) is 0.833. The van der Waals surface area contributed by atoms with Crippen LogP contribution in [0.5, 0.6) is 0 Å². The first kappa shape index (κ1) is 14.9. The Kier molecular flexibility index (Phi) is 6.08. The number of carbonyl (C=O) groups is 2. The molecule has 0 unspecified atom stereocenters. The first-order valence-corrected chi connectivity index (χ1v) is 5.81. The van der Waals surface area contributed by atoms with Crippen molar-refractivity contribution in [1.29, 1.82) is 0 Å². The molecule has 4 nitrogen and oxygen atoms in total. The Morgan fingerprint density at radius 2 is 1.75 bits per heavy atom. The van der Waals surface area contributed by atoms with Gasteiger partial charge in [0.05, 0.1) is 6.42 Å². The highest BCUT2D eigenvalue weighted by atomic mass is 16.4. The first-order valence-electron chi connectivity index (χ1n) is 5.81. The lowest BCUT2D eigenvalue weighted by atomic mass is 10.0. The number of aliphatic carboxylic acids is 1. The number of hydrogen-bond acceptors (Lipinski definition) is 2. The van der Waals surface area contributed by atoms with Gasteiger partial charge >= 0.3 is 5.97 Å². The Hall–Kier alpha value is -1.06. The molecule has 0 aliphatic heterocycles. The highest BCUT2D eigenvalue weighted by Crippen LogP contribution is 2.16. The maximum absolute atomic E-state index is 11.9. The number of nitrogens with zero attached hydrogens (tertiary/aromatic N) is 1. The molecule has 0 aliphatic carbocycles. The molecule has 0 aliphatic rings. The molecule has 0 saturated heterocycles. The summed E-state index contributed by atoms with van der Waals surface area (Å²) in [4.78, 5) is 24.1. The summed E-state index contributed by atoms with van der Waals surface area (Å²) < 4.78 is 0. The summed E-state index contributed by atoms with van der Waals surface area (Å²) in [5.74, 6) is -0.812. The van der Waals surface area contributed by atoms with Crippen molar-refractivity contribution in [3.05, 3.63) is 0 Å². The fourth-order valence-electron chi connectivity index (χ4n) is 1.50. The van der Waals surface area contributed by atoms with Gasteiger partial charge in [0, 0.05) is 18.5 Å². The molecule has 0 rings (SSSR count). The molecule has 94 valence electrons. The van der Waals surface area contributed by atoms with E-state index in [9.17, 15) is 9.59 Å². The van der Waals surface area contributed by atoms with E-state index in [1.165, 1.54) is 0 Å². The lowest BCUT2D eigenvalue weighted by Crippen LogP contribution is -2.46. The number of carboxylic acids is 1. The summed E-state index contributed by atoms with van der Waals surface area (Å²) in [5.41, 5.74) is -0.305. The van der Waals surface area contributed by atoms with Crippen molar-refractivity contribution in [2.24, 2.45) is 0 Å². The molecule has 0 aromatic heterocycles. The van der Waals surface area contributed by atoms with Gasteiger partial charge in [-0.15, -0.1) is 0 Å². The number of unbranched alkanes of at least 4 members (excludes halogenated alkanes) is 1. The summed E-state index contributed by atoms with van der Waals surface area (Å²) in [5, 5.41) is 8.65. The fourth-order valence-corrected chi connectivity index (χ4v) is 1.50. The van der Waals surface area contributed by atoms with E-state index in [0.29, 0.717) is 13.0 Å². The Labute approximate surface area is 97.6 Å². The molecule has 1 N–H and O–H groups in total. The topological polar surface area (TPSA) is 57.6 Å². The largest absolute Gasteiger partial charge is 0.481 e. The number of carboxylic acid groups (broad SMARTS) is 1. The predicted octanol–water partition coefficient (Wildman–Crippen LogP) is 2.28. The Morgan fingerprint density at radius 1 is 1.19 bits per heavy atom. The monoisotopic (exact) mass is 229 g/mol. The zero-order valence-electron chi connectivity index (χ0n) is 10.7. The van der Waals surface area contributed by atoms with E-state index in [-0.39, 0.29) is 17.9 Å². The smallest absolute Gasteiger partial charge is 0.305 e. The predicted molar refractivity (Wildman–Crippen MR) is 63.2 cm³/mol. The molecule has 0 radical (unpaired) electrons. The standard InChI is InChI=1S/C12H23NO3/c1-5-6-7-10(14)13(12(2,3)4)9-8-11(15)16/h5-9H2,1-4H3,(H,15,16). The van der Waals surface area contributed by atoms with Gasteiger partial charge in [-0.3, -0.25) is 9.59 Å². The van der Waals surface area contributed by atoms with Gasteiger partial charge in [0.25, 0.3) is 0 Å². The molecule has 16 heavy (non-hydrogen) atoms. The summed E-state index contributed by atoms with van der Waals surface area (Å²) in [6.45, 7) is 8.11. The van der Waals surface area contributed by atoms with Crippen molar-refractivity contribution in [1.82, 2.24) is 4.90 Å². The van der Waals surface area contributed by atoms with Crippen LogP contribution in [0.25, 0.3) is 0 Å². The van der Waals surface area contributed by atoms with Crippen LogP contribution < -0.4 is 0 Å². The van der Waals surface area contributed by atoms with Crippen molar-refractivity contribution in [3.8, 4) is 0 Å². The number of carbonyl (C=O) groups excluding carboxylic acids is 1. The lowest BCUT2D eigenvalue weighted by molar-refractivity contribution is -0.140. The molecule has 0 aromatic carbocycles. The second-order valence-corrected chi connectivity index (χ2v) is 4.96. The van der Waals surface area contributed by atoms with Gasteiger partial charge in [-0.1, -0.05) is 13.3 Å². The van der Waals surface area contributed by atoms with E-state index in [2.05, 4.69) is 0 Å². The van der Waals surface area contributed by atoms with Gasteiger partial charge in [-0.25, -0.2) is 0 Å². The highest BCUT2D eigenvalue weighted by molar-refractivity contribution is 5.77. The third-order valence-corrected chi connectivity index (χ3v) is 2.40. The van der Waals surface area contributed by atoms with E-state index in [4.69, 9.17) is 5.11 Å². The molecule has 0 fully saturated rings. The third kappa shape index (κ3) is 5.73. The van der Waals surface area contributed by atoms with Crippen molar-refractivity contribution in [3.63, 3.8) is 0 Å². The van der Waals surface area contributed by atoms with Gasteiger partial charge in [-0.2, -0.15) is 0 Å². The molecule has 4 heteroatoms. The van der Waals surface area contributed by atoms with Crippen LogP contribution >= 0.6 is 0 Å². The maximum atomic E-state index is 11.9. The molecule has 0 heterocycles. The van der Waals surface area contributed by atoms with Crippen LogP contribution in [0, 0.1) is 0 Å². The molecule has 0 aromatic rings. The first-order chi connectivity index (χ1) is 7.29. The molecule has 0 bridgehead atoms. The second kappa shape index (κ2) is 6.51. The van der Waals surface area contributed by atoms with Crippen molar-refractivity contribution in [2.45, 2.75) is 58.9 Å². The van der Waals surface area contributed by atoms with Gasteiger partial charge in [-0.05, 0) is 27.2 Å². The van der Waals surface area contributed by atoms with Crippen LogP contribution in [0.1, 0.15) is 53.4 Å². The minimum atomic E-state index is -0.863. The van der Waals surface area contributed by atoms with Crippen LogP contribution in [0.15, 0.2) is 0 Å². The third-order valence-electron chi connectivity index (χ3n) is 2.40. The summed E-state index contributed by atoms with van der Waals surface area (Å²) in [6.07, 6.45) is 2.35. The van der Waals surface area contributed by atoms with E-state index in [1.807, 2.05) is 27.7 Å². The average molecular weight is 229 g/mol. The Bertz CT molecular complexity index is 243. The summed E-state index contributed by atoms with van der Waals surface area (Å²) in [6, 6.07) is 0. The molecule has 0 atom stereocenters. The zero-order valence-corrected chi connectivity index (χ0v) is 10.7. The van der Waals surface area contributed by atoms with Crippen LogP contribution in [0.3, 0.4) is 0 Å². The molecule has 0 spiro atoms. The van der Waals surface area contributed by atoms with Gasteiger partial charge in [0.2, 0.25) is 5.91 Å². The SMILES string of the molecule is CCCCC(=O)N(CCC(=O)O)C(C)(C)C. The van der Waals surface area contributed by atoms with Crippen molar-refractivity contribution in [2.75, 3.05) is 6.54 Å². The van der Waals surface area contributed by atoms with Crippen molar-refractivity contribution >= 4 is 11.9 Å². The second-order valence-electron chi connectivity index (χ2n) is 4.96. The quantitative estimate of drug-likeness (QED) is 0.760. The van der Waals surface area contributed by atoms with Gasteiger partial charge in [0.1, 0.15) is 0 Å². The molecule has 1 amide bonds. The molecule has 0 saturated carbocycles. The number of rotatable bonds is 6. The summed E-state index contributed by atoms with van der Waals surface area (Å²) in [7, 11) is 0. The maximum Gasteiger partial charge on any atom is 0.305 e. The van der Waals surface area contributed by atoms with Crippen LogP contribution in [-0.2, 0) is 9.59 Å². The van der Waals surface area contributed by atoms with Gasteiger partial charge in [0.15, 0.2) is 0 Å². The van der Waals surface area contributed by atoms with Crippen LogP contribution in [-0.4, -0.2) is 34.0 Å². The minimum Gasteiger partial charge on any atom is -0.481 e. The van der Waals surface area contributed by atoms with E-state index < -0.39 is 5.97 Å². The number of hydrogen-bond donors (Lipinski definition) is 1. The normalized spacial score (nSPS) is 11.2. The average Bonchev–Trinajstić information content (AvgIpc) is 2.12. The van der Waals surface area contributed by atoms with Crippen molar-refractivity contribution < 1.29 is 14.7 Å².